The summed E-state index contributed by atoms with van der Waals surface area (Å²) >= 11 is 0. The van der Waals surface area contributed by atoms with Gasteiger partial charge in [-0.3, -0.25) is 9.69 Å². The molecule has 0 radical (unpaired) electrons. The summed E-state index contributed by atoms with van der Waals surface area (Å²) in [5.74, 6) is -4.10. The third-order valence-corrected chi connectivity index (χ3v) is 6.52. The van der Waals surface area contributed by atoms with E-state index in [4.69, 9.17) is 4.74 Å². The number of nitrogens with one attached hydrogen (secondary N) is 1. The number of hydrogen-bond donors (Lipinski definition) is 3. The molecule has 0 aromatic heterocycles. The van der Waals surface area contributed by atoms with Gasteiger partial charge < -0.3 is 25.0 Å². The van der Waals surface area contributed by atoms with Crippen molar-refractivity contribution >= 4 is 19.1 Å². The van der Waals surface area contributed by atoms with Crippen molar-refractivity contribution in [1.82, 2.24) is 15.1 Å². The molecule has 2 aliphatic heterocycles. The van der Waals surface area contributed by atoms with Crippen LogP contribution in [0.2, 0.25) is 0 Å². The van der Waals surface area contributed by atoms with E-state index < -0.39 is 49.1 Å². The number of piperidine rings is 1. The quantitative estimate of drug-likeness (QED) is 0.253. The van der Waals surface area contributed by atoms with Crippen LogP contribution in [0.3, 0.4) is 0 Å². The molecule has 0 aromatic carbocycles. The molecule has 0 spiro atoms. The highest BCUT2D eigenvalue weighted by molar-refractivity contribution is 6.43. The molecular weight excluding hydrogens is 461 g/mol. The van der Waals surface area contributed by atoms with Crippen molar-refractivity contribution in [2.75, 3.05) is 26.2 Å². The van der Waals surface area contributed by atoms with Crippen LogP contribution in [-0.4, -0.2) is 88.7 Å². The second-order valence-electron chi connectivity index (χ2n) is 10.4. The van der Waals surface area contributed by atoms with E-state index in [-0.39, 0.29) is 31.1 Å². The van der Waals surface area contributed by atoms with Gasteiger partial charge in [0.15, 0.2) is 0 Å². The molecule has 35 heavy (non-hydrogen) atoms. The normalized spacial score (nSPS) is 22.0. The van der Waals surface area contributed by atoms with Crippen molar-refractivity contribution < 1.29 is 33.2 Å². The van der Waals surface area contributed by atoms with E-state index in [1.54, 1.807) is 18.7 Å². The van der Waals surface area contributed by atoms with E-state index >= 15 is 0 Å². The molecule has 2 fully saturated rings. The summed E-state index contributed by atoms with van der Waals surface area (Å²) in [4.78, 5) is 28.5. The zero-order valence-corrected chi connectivity index (χ0v) is 21.0. The largest absolute Gasteiger partial charge is 0.475 e. The topological polar surface area (TPSA) is 126 Å². The lowest BCUT2D eigenvalue weighted by Gasteiger charge is -2.36. The highest BCUT2D eigenvalue weighted by Crippen LogP contribution is 2.33. The molecule has 0 bridgehead atoms. The second kappa shape index (κ2) is 12.1. The fraction of sp³-hybridized carbons (Fsp3) is 0.783. The third-order valence-electron chi connectivity index (χ3n) is 6.52. The van der Waals surface area contributed by atoms with Gasteiger partial charge in [-0.15, -0.1) is 0 Å². The molecule has 2 atom stereocenters. The molecule has 3 N–H and O–H groups in total. The Labute approximate surface area is 206 Å². The smallest absolute Gasteiger partial charge is 0.447 e. The van der Waals surface area contributed by atoms with Gasteiger partial charge in [0.2, 0.25) is 0 Å². The van der Waals surface area contributed by atoms with Crippen molar-refractivity contribution in [2.24, 2.45) is 5.92 Å². The van der Waals surface area contributed by atoms with Crippen molar-refractivity contribution in [3.63, 3.8) is 0 Å². The number of alkyl halides is 2. The van der Waals surface area contributed by atoms with Crippen LogP contribution in [0.15, 0.2) is 11.6 Å². The SMILES string of the molecule is CC(C)C[C@H](NC(=O)OCC1CCCCN1C(=O)C(C#N)=CC(C)(C)N1CCC(F)(F)C1)B(O)O. The van der Waals surface area contributed by atoms with Crippen molar-refractivity contribution in [1.29, 1.82) is 5.26 Å². The average molecular weight is 498 g/mol. The Morgan fingerprint density at radius 3 is 2.54 bits per heavy atom. The van der Waals surface area contributed by atoms with Crippen molar-refractivity contribution in [2.45, 2.75) is 83.2 Å². The molecule has 2 amide bonds. The van der Waals surface area contributed by atoms with E-state index in [2.05, 4.69) is 5.32 Å². The standard InChI is InChI=1S/C23H37BF2N4O5/c1-16(2)11-19(24(33)34)28-21(32)35-14-18-7-5-6-9-30(18)20(31)17(13-27)12-22(3,4)29-10-8-23(25,26)15-29/h12,16,18-19,33-34H,5-11,14-15H2,1-4H3,(H,28,32)/t18?,19-/m0/s1. The predicted octanol–water partition coefficient (Wildman–Crippen LogP) is 2.09. The van der Waals surface area contributed by atoms with Gasteiger partial charge in [-0.25, -0.2) is 13.6 Å². The molecule has 9 nitrogen and oxygen atoms in total. The molecule has 12 heteroatoms. The van der Waals surface area contributed by atoms with Gasteiger partial charge in [-0.2, -0.15) is 5.26 Å². The van der Waals surface area contributed by atoms with E-state index in [0.717, 1.165) is 12.8 Å². The molecule has 1 unspecified atom stereocenters. The van der Waals surface area contributed by atoms with Gasteiger partial charge in [0.1, 0.15) is 18.2 Å². The van der Waals surface area contributed by atoms with Crippen LogP contribution in [0.1, 0.15) is 59.8 Å². The zero-order chi connectivity index (χ0) is 26.4. The maximum atomic E-state index is 13.7. The molecule has 0 aliphatic carbocycles. The molecular formula is C23H37BF2N4O5. The molecule has 0 saturated carbocycles. The monoisotopic (exact) mass is 498 g/mol. The predicted molar refractivity (Wildman–Crippen MR) is 126 cm³/mol. The lowest BCUT2D eigenvalue weighted by molar-refractivity contribution is -0.131. The summed E-state index contributed by atoms with van der Waals surface area (Å²) in [5, 5.41) is 31.1. The number of carbonyl (C=O) groups excluding carboxylic acids is 2. The Hall–Kier alpha value is -2.23. The number of amides is 2. The van der Waals surface area contributed by atoms with Gasteiger partial charge in [-0.05, 0) is 51.5 Å². The van der Waals surface area contributed by atoms with Gasteiger partial charge in [-0.1, -0.05) is 13.8 Å². The second-order valence-corrected chi connectivity index (χ2v) is 10.4. The molecule has 2 aliphatic rings. The van der Waals surface area contributed by atoms with E-state index in [9.17, 15) is 33.7 Å². The summed E-state index contributed by atoms with van der Waals surface area (Å²) in [6.07, 6.45) is 2.79. The zero-order valence-electron chi connectivity index (χ0n) is 21.0. The van der Waals surface area contributed by atoms with Crippen LogP contribution in [0.4, 0.5) is 13.6 Å². The van der Waals surface area contributed by atoms with E-state index in [0.29, 0.717) is 19.4 Å². The first-order valence-corrected chi connectivity index (χ1v) is 12.1. The lowest BCUT2D eigenvalue weighted by Crippen LogP contribution is -2.50. The minimum absolute atomic E-state index is 0.112. The number of alkyl carbamates (subject to hydrolysis) is 1. The van der Waals surface area contributed by atoms with Crippen LogP contribution in [-0.2, 0) is 9.53 Å². The van der Waals surface area contributed by atoms with Crippen molar-refractivity contribution in [3.8, 4) is 6.07 Å². The highest BCUT2D eigenvalue weighted by atomic mass is 19.3. The summed E-state index contributed by atoms with van der Waals surface area (Å²) in [6, 6.07) is 1.46. The van der Waals surface area contributed by atoms with Crippen LogP contribution >= 0.6 is 0 Å². The minimum Gasteiger partial charge on any atom is -0.447 e. The van der Waals surface area contributed by atoms with Crippen LogP contribution in [0, 0.1) is 17.2 Å². The molecule has 2 rings (SSSR count). The molecule has 196 valence electrons. The van der Waals surface area contributed by atoms with Gasteiger partial charge in [0.25, 0.3) is 11.8 Å². The average Bonchev–Trinajstić information content (AvgIpc) is 3.15. The Balaban J connectivity index is 2.06. The molecule has 0 aromatic rings. The van der Waals surface area contributed by atoms with Gasteiger partial charge >= 0.3 is 13.2 Å². The first kappa shape index (κ1) is 29.0. The maximum absolute atomic E-state index is 13.7. The van der Waals surface area contributed by atoms with E-state index in [1.807, 2.05) is 19.9 Å². The number of rotatable bonds is 9. The number of ether oxygens (including phenoxy) is 1. The lowest BCUT2D eigenvalue weighted by atomic mass is 9.75. The molecule has 2 saturated heterocycles. The highest BCUT2D eigenvalue weighted by Gasteiger charge is 2.43. The van der Waals surface area contributed by atoms with E-state index in [1.165, 1.54) is 11.0 Å². The first-order valence-electron chi connectivity index (χ1n) is 12.1. The number of likely N-dealkylation sites (tertiary alicyclic amines) is 2. The maximum Gasteiger partial charge on any atom is 0.475 e. The third kappa shape index (κ3) is 8.44. The number of hydrogen-bond acceptors (Lipinski definition) is 7. The Kier molecular flexibility index (Phi) is 10.1. The van der Waals surface area contributed by atoms with Gasteiger partial charge in [0.05, 0.1) is 18.5 Å². The Morgan fingerprint density at radius 2 is 2.00 bits per heavy atom. The summed E-state index contributed by atoms with van der Waals surface area (Å²) in [6.45, 7) is 7.15. The number of nitrogens with zero attached hydrogens (tertiary/aromatic N) is 3. The summed E-state index contributed by atoms with van der Waals surface area (Å²) in [7, 11) is -1.74. The van der Waals surface area contributed by atoms with Crippen LogP contribution in [0.25, 0.3) is 0 Å². The van der Waals surface area contributed by atoms with Gasteiger partial charge in [0, 0.05) is 25.0 Å². The fourth-order valence-electron chi connectivity index (χ4n) is 4.54. The first-order chi connectivity index (χ1) is 16.3. The van der Waals surface area contributed by atoms with Crippen LogP contribution in [0.5, 0.6) is 0 Å². The summed E-state index contributed by atoms with van der Waals surface area (Å²) < 4.78 is 32.7. The Bertz CT molecular complexity index is 831. The van der Waals surface area contributed by atoms with Crippen molar-refractivity contribution in [3.05, 3.63) is 11.6 Å². The number of halogens is 2. The number of carbonyl (C=O) groups is 2. The minimum atomic E-state index is -2.79. The Morgan fingerprint density at radius 1 is 1.31 bits per heavy atom. The van der Waals surface area contributed by atoms with Crippen LogP contribution < -0.4 is 5.32 Å². The molecule has 2 heterocycles. The fourth-order valence-corrected chi connectivity index (χ4v) is 4.54. The summed E-state index contributed by atoms with van der Waals surface area (Å²) in [5.41, 5.74) is -1.05. The number of nitriles is 1.